The molecule has 1 aromatic carbocycles. The largest absolute Gasteiger partial charge is 0.355 e. The fourth-order valence-electron chi connectivity index (χ4n) is 1.87. The number of rotatable bonds is 8. The molecule has 1 aromatic rings. The van der Waals surface area contributed by atoms with Crippen LogP contribution in [0.25, 0.3) is 0 Å². The number of nitrogens with zero attached hydrogens (tertiary/aromatic N) is 1. The molecule has 20 heavy (non-hydrogen) atoms. The fourth-order valence-corrected chi connectivity index (χ4v) is 2.37. The van der Waals surface area contributed by atoms with Gasteiger partial charge in [0.2, 0.25) is 5.91 Å². The van der Waals surface area contributed by atoms with Crippen LogP contribution in [0, 0.1) is 0 Å². The number of nitrogens with one attached hydrogen (secondary N) is 1. The molecule has 0 aliphatic heterocycles. The Balaban J connectivity index is 2.28. The molecule has 0 bridgehead atoms. The van der Waals surface area contributed by atoms with Gasteiger partial charge in [0, 0.05) is 16.6 Å². The number of carbonyl (C=O) groups excluding carboxylic acids is 1. The monoisotopic (exact) mass is 316 g/mol. The predicted molar refractivity (Wildman–Crippen MR) is 85.6 cm³/mol. The van der Waals surface area contributed by atoms with Gasteiger partial charge in [-0.3, -0.25) is 9.69 Å². The summed E-state index contributed by atoms with van der Waals surface area (Å²) in [6, 6.07) is 5.42. The van der Waals surface area contributed by atoms with E-state index in [1.54, 1.807) is 6.07 Å². The minimum Gasteiger partial charge on any atom is -0.355 e. The smallest absolute Gasteiger partial charge is 0.234 e. The Morgan fingerprint density at radius 1 is 1.35 bits per heavy atom. The first-order valence-electron chi connectivity index (χ1n) is 6.92. The van der Waals surface area contributed by atoms with Crippen molar-refractivity contribution >= 4 is 29.1 Å². The zero-order valence-electron chi connectivity index (χ0n) is 12.1. The molecule has 1 N–H and O–H groups in total. The second kappa shape index (κ2) is 9.22. The van der Waals surface area contributed by atoms with Crippen molar-refractivity contribution in [2.45, 2.75) is 26.2 Å². The van der Waals surface area contributed by atoms with Crippen LogP contribution < -0.4 is 5.32 Å². The molecule has 0 saturated heterocycles. The molecule has 0 saturated carbocycles. The van der Waals surface area contributed by atoms with E-state index in [0.717, 1.165) is 24.9 Å². The highest BCUT2D eigenvalue weighted by atomic mass is 35.5. The molecule has 0 unspecified atom stereocenters. The predicted octanol–water partition coefficient (Wildman–Crippen LogP) is 3.38. The van der Waals surface area contributed by atoms with Crippen molar-refractivity contribution in [3.05, 3.63) is 33.8 Å². The van der Waals surface area contributed by atoms with Gasteiger partial charge in [-0.15, -0.1) is 0 Å². The van der Waals surface area contributed by atoms with E-state index < -0.39 is 0 Å². The third-order valence-corrected chi connectivity index (χ3v) is 3.63. The second-order valence-electron chi connectivity index (χ2n) is 4.93. The second-order valence-corrected chi connectivity index (χ2v) is 5.77. The molecule has 0 aromatic heterocycles. The van der Waals surface area contributed by atoms with Crippen molar-refractivity contribution in [2.75, 3.05) is 26.7 Å². The number of likely N-dealkylation sites (N-methyl/N-ethyl adjacent to an activating group) is 1. The SMILES string of the molecule is CCCCN(C)CC(=O)NCCc1ccc(Cl)cc1Cl. The van der Waals surface area contributed by atoms with Crippen LogP contribution in [0.1, 0.15) is 25.3 Å². The van der Waals surface area contributed by atoms with E-state index in [0.29, 0.717) is 29.6 Å². The highest BCUT2D eigenvalue weighted by Gasteiger charge is 2.06. The summed E-state index contributed by atoms with van der Waals surface area (Å²) in [5, 5.41) is 4.18. The van der Waals surface area contributed by atoms with Gasteiger partial charge >= 0.3 is 0 Å². The van der Waals surface area contributed by atoms with Gasteiger partial charge in [0.05, 0.1) is 6.54 Å². The summed E-state index contributed by atoms with van der Waals surface area (Å²) in [4.78, 5) is 13.8. The minimum atomic E-state index is 0.0497. The van der Waals surface area contributed by atoms with E-state index in [2.05, 4.69) is 12.2 Å². The van der Waals surface area contributed by atoms with Crippen molar-refractivity contribution in [3.8, 4) is 0 Å². The number of benzene rings is 1. The standard InChI is InChI=1S/C15H22Cl2N2O/c1-3-4-9-19(2)11-15(20)18-8-7-12-5-6-13(16)10-14(12)17/h5-6,10H,3-4,7-9,11H2,1-2H3,(H,18,20). The summed E-state index contributed by atoms with van der Waals surface area (Å²) in [5.74, 6) is 0.0497. The maximum atomic E-state index is 11.7. The van der Waals surface area contributed by atoms with Crippen LogP contribution in [0.15, 0.2) is 18.2 Å². The first-order chi connectivity index (χ1) is 9.52. The average molecular weight is 317 g/mol. The summed E-state index contributed by atoms with van der Waals surface area (Å²) < 4.78 is 0. The van der Waals surface area contributed by atoms with E-state index in [1.165, 1.54) is 0 Å². The lowest BCUT2D eigenvalue weighted by molar-refractivity contribution is -0.121. The maximum Gasteiger partial charge on any atom is 0.234 e. The third kappa shape index (κ3) is 6.60. The maximum absolute atomic E-state index is 11.7. The van der Waals surface area contributed by atoms with Crippen molar-refractivity contribution < 1.29 is 4.79 Å². The van der Waals surface area contributed by atoms with Crippen molar-refractivity contribution in [3.63, 3.8) is 0 Å². The average Bonchev–Trinajstić information content (AvgIpc) is 2.39. The number of hydrogen-bond donors (Lipinski definition) is 1. The lowest BCUT2D eigenvalue weighted by atomic mass is 10.1. The lowest BCUT2D eigenvalue weighted by Gasteiger charge is -2.15. The molecule has 0 radical (unpaired) electrons. The van der Waals surface area contributed by atoms with E-state index in [-0.39, 0.29) is 5.91 Å². The van der Waals surface area contributed by atoms with Crippen molar-refractivity contribution in [2.24, 2.45) is 0 Å². The molecule has 0 atom stereocenters. The quantitative estimate of drug-likeness (QED) is 0.797. The van der Waals surface area contributed by atoms with Gasteiger partial charge in [-0.05, 0) is 44.1 Å². The molecule has 0 aliphatic rings. The first-order valence-corrected chi connectivity index (χ1v) is 7.67. The number of unbranched alkanes of at least 4 members (excludes halogenated alkanes) is 1. The van der Waals surface area contributed by atoms with Gasteiger partial charge in [-0.2, -0.15) is 0 Å². The number of carbonyl (C=O) groups is 1. The zero-order valence-corrected chi connectivity index (χ0v) is 13.6. The van der Waals surface area contributed by atoms with Gasteiger partial charge in [0.15, 0.2) is 0 Å². The topological polar surface area (TPSA) is 32.3 Å². The third-order valence-electron chi connectivity index (χ3n) is 3.04. The summed E-state index contributed by atoms with van der Waals surface area (Å²) in [7, 11) is 1.96. The van der Waals surface area contributed by atoms with Gasteiger partial charge < -0.3 is 5.32 Å². The van der Waals surface area contributed by atoms with Crippen LogP contribution in [0.4, 0.5) is 0 Å². The normalized spacial score (nSPS) is 10.8. The molecule has 0 aliphatic carbocycles. The van der Waals surface area contributed by atoms with Crippen LogP contribution in [0.3, 0.4) is 0 Å². The fraction of sp³-hybridized carbons (Fsp3) is 0.533. The van der Waals surface area contributed by atoms with Crippen LogP contribution in [-0.2, 0) is 11.2 Å². The zero-order chi connectivity index (χ0) is 15.0. The van der Waals surface area contributed by atoms with Gasteiger partial charge in [-0.1, -0.05) is 42.6 Å². The van der Waals surface area contributed by atoms with E-state index in [4.69, 9.17) is 23.2 Å². The highest BCUT2D eigenvalue weighted by molar-refractivity contribution is 6.35. The number of hydrogen-bond acceptors (Lipinski definition) is 2. The molecule has 0 heterocycles. The Kier molecular flexibility index (Phi) is 7.97. The minimum absolute atomic E-state index is 0.0497. The van der Waals surface area contributed by atoms with Gasteiger partial charge in [-0.25, -0.2) is 0 Å². The number of amides is 1. The van der Waals surface area contributed by atoms with Crippen LogP contribution >= 0.6 is 23.2 Å². The molecular weight excluding hydrogens is 295 g/mol. The Hall–Kier alpha value is -0.770. The number of halogens is 2. The molecule has 3 nitrogen and oxygen atoms in total. The van der Waals surface area contributed by atoms with E-state index in [9.17, 15) is 4.79 Å². The Bertz CT molecular complexity index is 438. The summed E-state index contributed by atoms with van der Waals surface area (Å²) in [6.45, 7) is 4.12. The van der Waals surface area contributed by atoms with Crippen LogP contribution in [0.2, 0.25) is 10.0 Å². The Morgan fingerprint density at radius 3 is 2.75 bits per heavy atom. The molecule has 112 valence electrons. The van der Waals surface area contributed by atoms with Gasteiger partial charge in [0.1, 0.15) is 0 Å². The summed E-state index contributed by atoms with van der Waals surface area (Å²) in [5.41, 5.74) is 0.996. The molecule has 1 amide bonds. The molecular formula is C15H22Cl2N2O. The molecule has 0 spiro atoms. The molecule has 0 fully saturated rings. The summed E-state index contributed by atoms with van der Waals surface area (Å²) >= 11 is 11.9. The Morgan fingerprint density at radius 2 is 2.10 bits per heavy atom. The lowest BCUT2D eigenvalue weighted by Crippen LogP contribution is -2.36. The van der Waals surface area contributed by atoms with E-state index in [1.807, 2.05) is 24.1 Å². The van der Waals surface area contributed by atoms with Crippen LogP contribution in [0.5, 0.6) is 0 Å². The van der Waals surface area contributed by atoms with Crippen molar-refractivity contribution in [1.29, 1.82) is 0 Å². The first kappa shape index (κ1) is 17.3. The van der Waals surface area contributed by atoms with Crippen LogP contribution in [-0.4, -0.2) is 37.5 Å². The molecule has 5 heteroatoms. The highest BCUT2D eigenvalue weighted by Crippen LogP contribution is 2.20. The van der Waals surface area contributed by atoms with E-state index >= 15 is 0 Å². The molecule has 1 rings (SSSR count). The Labute approximate surface area is 131 Å². The summed E-state index contributed by atoms with van der Waals surface area (Å²) in [6.07, 6.45) is 2.96. The van der Waals surface area contributed by atoms with Crippen molar-refractivity contribution in [1.82, 2.24) is 10.2 Å². The van der Waals surface area contributed by atoms with Gasteiger partial charge in [0.25, 0.3) is 0 Å².